The predicted octanol–water partition coefficient (Wildman–Crippen LogP) is 1.90. The Bertz CT molecular complexity index is 639. The minimum atomic E-state index is 0.613. The lowest BCUT2D eigenvalue weighted by molar-refractivity contribution is 0.923. The molecular formula is C14H14N4. The molecule has 18 heavy (non-hydrogen) atoms. The van der Waals surface area contributed by atoms with E-state index >= 15 is 0 Å². The molecule has 3 aromatic heterocycles. The van der Waals surface area contributed by atoms with Crippen LogP contribution in [0.2, 0.25) is 0 Å². The average Bonchev–Trinajstić information content (AvgIpc) is 2.83. The van der Waals surface area contributed by atoms with Crippen molar-refractivity contribution >= 4 is 5.65 Å². The zero-order chi connectivity index (χ0) is 12.4. The maximum absolute atomic E-state index is 5.55. The van der Waals surface area contributed by atoms with E-state index in [1.165, 1.54) is 0 Å². The number of nitrogens with two attached hydrogens (primary N) is 1. The van der Waals surface area contributed by atoms with Gasteiger partial charge in [0.1, 0.15) is 5.65 Å². The summed E-state index contributed by atoms with van der Waals surface area (Å²) in [5.41, 5.74) is 9.55. The molecule has 4 heteroatoms. The molecule has 0 amide bonds. The van der Waals surface area contributed by atoms with Crippen LogP contribution >= 0.6 is 0 Å². The number of rotatable bonds is 3. The monoisotopic (exact) mass is 238 g/mol. The van der Waals surface area contributed by atoms with Gasteiger partial charge in [-0.2, -0.15) is 0 Å². The Balaban J connectivity index is 2.05. The van der Waals surface area contributed by atoms with Gasteiger partial charge >= 0.3 is 0 Å². The van der Waals surface area contributed by atoms with Crippen molar-refractivity contribution in [3.63, 3.8) is 0 Å². The summed E-state index contributed by atoms with van der Waals surface area (Å²) in [5.74, 6) is 0. The second kappa shape index (κ2) is 4.58. The Morgan fingerprint density at radius 3 is 3.00 bits per heavy atom. The number of fused-ring (bicyclic) bond motifs is 1. The third kappa shape index (κ3) is 1.98. The maximum Gasteiger partial charge on any atom is 0.137 e. The van der Waals surface area contributed by atoms with Crippen molar-refractivity contribution in [3.05, 3.63) is 54.6 Å². The Kier molecular flexibility index (Phi) is 2.78. The quantitative estimate of drug-likeness (QED) is 0.758. The van der Waals surface area contributed by atoms with Crippen molar-refractivity contribution in [3.8, 4) is 11.3 Å². The molecule has 0 aliphatic carbocycles. The van der Waals surface area contributed by atoms with Crippen LogP contribution in [0.1, 0.15) is 5.69 Å². The van der Waals surface area contributed by atoms with Crippen molar-refractivity contribution in [2.24, 2.45) is 5.73 Å². The van der Waals surface area contributed by atoms with Crippen LogP contribution in [-0.4, -0.2) is 20.9 Å². The Morgan fingerprint density at radius 1 is 1.22 bits per heavy atom. The van der Waals surface area contributed by atoms with Gasteiger partial charge in [-0.05, 0) is 30.8 Å². The van der Waals surface area contributed by atoms with E-state index in [-0.39, 0.29) is 0 Å². The fourth-order valence-corrected chi connectivity index (χ4v) is 2.00. The number of hydrogen-bond donors (Lipinski definition) is 1. The molecule has 0 radical (unpaired) electrons. The molecule has 0 aromatic carbocycles. The van der Waals surface area contributed by atoms with Gasteiger partial charge in [-0.1, -0.05) is 6.07 Å². The number of hydrogen-bond acceptors (Lipinski definition) is 3. The molecule has 4 nitrogen and oxygen atoms in total. The zero-order valence-corrected chi connectivity index (χ0v) is 9.95. The van der Waals surface area contributed by atoms with E-state index in [9.17, 15) is 0 Å². The van der Waals surface area contributed by atoms with Gasteiger partial charge < -0.3 is 10.1 Å². The van der Waals surface area contributed by atoms with Crippen molar-refractivity contribution in [1.82, 2.24) is 14.4 Å². The maximum atomic E-state index is 5.55. The summed E-state index contributed by atoms with van der Waals surface area (Å²) in [4.78, 5) is 8.88. The van der Waals surface area contributed by atoms with E-state index in [1.54, 1.807) is 0 Å². The van der Waals surface area contributed by atoms with Crippen LogP contribution in [0.5, 0.6) is 0 Å². The normalized spacial score (nSPS) is 10.9. The number of nitrogens with zero attached hydrogens (tertiary/aromatic N) is 3. The van der Waals surface area contributed by atoms with Crippen LogP contribution in [0.4, 0.5) is 0 Å². The average molecular weight is 238 g/mol. The van der Waals surface area contributed by atoms with E-state index in [2.05, 4.69) is 16.0 Å². The standard InChI is InChI=1S/C14H14N4/c15-6-4-12-9-11(5-7-16-12)13-10-18-8-2-1-3-14(18)17-13/h1-3,5,7-10H,4,6,15H2. The van der Waals surface area contributed by atoms with Crippen molar-refractivity contribution in [2.75, 3.05) is 6.54 Å². The van der Waals surface area contributed by atoms with Gasteiger partial charge in [0.2, 0.25) is 0 Å². The van der Waals surface area contributed by atoms with Gasteiger partial charge in [-0.25, -0.2) is 4.98 Å². The molecule has 3 heterocycles. The molecule has 90 valence electrons. The summed E-state index contributed by atoms with van der Waals surface area (Å²) in [6.45, 7) is 0.613. The minimum Gasteiger partial charge on any atom is -0.330 e. The predicted molar refractivity (Wildman–Crippen MR) is 71.2 cm³/mol. The van der Waals surface area contributed by atoms with Gasteiger partial charge in [0, 0.05) is 36.3 Å². The number of pyridine rings is 2. The van der Waals surface area contributed by atoms with Crippen LogP contribution in [-0.2, 0) is 6.42 Å². The van der Waals surface area contributed by atoms with E-state index in [4.69, 9.17) is 5.73 Å². The van der Waals surface area contributed by atoms with E-state index < -0.39 is 0 Å². The fourth-order valence-electron chi connectivity index (χ4n) is 2.00. The highest BCUT2D eigenvalue weighted by molar-refractivity contribution is 5.62. The van der Waals surface area contributed by atoms with Crippen molar-refractivity contribution in [1.29, 1.82) is 0 Å². The topological polar surface area (TPSA) is 56.2 Å². The second-order valence-corrected chi connectivity index (χ2v) is 4.17. The molecule has 0 saturated carbocycles. The molecule has 0 aliphatic rings. The molecule has 0 aliphatic heterocycles. The molecule has 0 spiro atoms. The molecule has 0 saturated heterocycles. The summed E-state index contributed by atoms with van der Waals surface area (Å²) >= 11 is 0. The summed E-state index contributed by atoms with van der Waals surface area (Å²) in [6.07, 6.45) is 6.62. The Labute approximate surface area is 105 Å². The highest BCUT2D eigenvalue weighted by atomic mass is 15.0. The molecule has 0 fully saturated rings. The Morgan fingerprint density at radius 2 is 2.17 bits per heavy atom. The van der Waals surface area contributed by atoms with Gasteiger partial charge in [-0.3, -0.25) is 4.98 Å². The molecule has 0 unspecified atom stereocenters. The number of aromatic nitrogens is 3. The Hall–Kier alpha value is -2.20. The van der Waals surface area contributed by atoms with Gasteiger partial charge in [-0.15, -0.1) is 0 Å². The van der Waals surface area contributed by atoms with Crippen LogP contribution < -0.4 is 5.73 Å². The molecule has 2 N–H and O–H groups in total. The first-order valence-corrected chi connectivity index (χ1v) is 5.96. The van der Waals surface area contributed by atoms with Gasteiger partial charge in [0.15, 0.2) is 0 Å². The van der Waals surface area contributed by atoms with E-state index in [0.29, 0.717) is 6.54 Å². The first-order valence-electron chi connectivity index (χ1n) is 5.96. The number of imidazole rings is 1. The van der Waals surface area contributed by atoms with Crippen LogP contribution in [0.3, 0.4) is 0 Å². The summed E-state index contributed by atoms with van der Waals surface area (Å²) in [6, 6.07) is 9.99. The largest absolute Gasteiger partial charge is 0.330 e. The molecule has 3 rings (SSSR count). The molecule has 0 atom stereocenters. The van der Waals surface area contributed by atoms with Crippen molar-refractivity contribution in [2.45, 2.75) is 6.42 Å². The van der Waals surface area contributed by atoms with E-state index in [0.717, 1.165) is 29.0 Å². The lowest BCUT2D eigenvalue weighted by atomic mass is 10.1. The highest BCUT2D eigenvalue weighted by Gasteiger charge is 2.04. The zero-order valence-electron chi connectivity index (χ0n) is 9.95. The smallest absolute Gasteiger partial charge is 0.137 e. The molecule has 3 aromatic rings. The third-order valence-corrected chi connectivity index (χ3v) is 2.88. The summed E-state index contributed by atoms with van der Waals surface area (Å²) < 4.78 is 2.01. The van der Waals surface area contributed by atoms with E-state index in [1.807, 2.05) is 47.3 Å². The molecule has 0 bridgehead atoms. The second-order valence-electron chi connectivity index (χ2n) is 4.17. The van der Waals surface area contributed by atoms with Gasteiger partial charge in [0.25, 0.3) is 0 Å². The van der Waals surface area contributed by atoms with Crippen molar-refractivity contribution < 1.29 is 0 Å². The summed E-state index contributed by atoms with van der Waals surface area (Å²) in [5, 5.41) is 0. The highest BCUT2D eigenvalue weighted by Crippen LogP contribution is 2.19. The van der Waals surface area contributed by atoms with Gasteiger partial charge in [0.05, 0.1) is 5.69 Å². The first kappa shape index (κ1) is 10.9. The van der Waals surface area contributed by atoms with Crippen LogP contribution in [0.25, 0.3) is 16.9 Å². The first-order chi connectivity index (χ1) is 8.86. The fraction of sp³-hybridized carbons (Fsp3) is 0.143. The lowest BCUT2D eigenvalue weighted by Crippen LogP contribution is -2.04. The van der Waals surface area contributed by atoms with Crippen LogP contribution in [0.15, 0.2) is 48.9 Å². The SMILES string of the molecule is NCCc1cc(-c2cn3ccccc3n2)ccn1. The van der Waals surface area contributed by atoms with Crippen LogP contribution in [0, 0.1) is 0 Å². The lowest BCUT2D eigenvalue weighted by Gasteiger charge is -2.00. The third-order valence-electron chi connectivity index (χ3n) is 2.88. The molecular weight excluding hydrogens is 224 g/mol. The summed E-state index contributed by atoms with van der Waals surface area (Å²) in [7, 11) is 0. The minimum absolute atomic E-state index is 0.613.